The molecule has 0 fully saturated rings. The van der Waals surface area contributed by atoms with Crippen molar-refractivity contribution in [1.82, 2.24) is 14.9 Å². The molecular weight excluding hydrogens is 327 g/mol. The van der Waals surface area contributed by atoms with Crippen LogP contribution in [0.4, 0.5) is 13.2 Å². The third-order valence-corrected chi connectivity index (χ3v) is 3.97. The lowest BCUT2D eigenvalue weighted by atomic mass is 10.2. The number of rotatable bonds is 3. The van der Waals surface area contributed by atoms with Gasteiger partial charge in [-0.25, -0.2) is 4.98 Å². The molecule has 0 aliphatic heterocycles. The van der Waals surface area contributed by atoms with E-state index in [9.17, 15) is 18.0 Å². The zero-order valence-corrected chi connectivity index (χ0v) is 12.4. The van der Waals surface area contributed by atoms with Crippen LogP contribution in [0.1, 0.15) is 15.2 Å². The lowest BCUT2D eigenvalue weighted by molar-refractivity contribution is -0.137. The van der Waals surface area contributed by atoms with Crippen molar-refractivity contribution >= 4 is 34.5 Å². The number of benzene rings is 1. The van der Waals surface area contributed by atoms with Crippen LogP contribution in [-0.4, -0.2) is 15.5 Å². The molecule has 1 amide bonds. The number of thiophene rings is 1. The molecule has 3 rings (SSSR count). The van der Waals surface area contributed by atoms with Crippen LogP contribution in [0.3, 0.4) is 0 Å². The van der Waals surface area contributed by atoms with Crippen LogP contribution in [0, 0.1) is 0 Å². The highest BCUT2D eigenvalue weighted by molar-refractivity contribution is 7.12. The summed E-state index contributed by atoms with van der Waals surface area (Å²) in [6.07, 6.45) is -0.0734. The third kappa shape index (κ3) is 3.26. The minimum absolute atomic E-state index is 0.231. The first kappa shape index (κ1) is 15.3. The minimum Gasteiger partial charge on any atom is -0.326 e. The molecular formula is C15H10F3N3OS. The minimum atomic E-state index is -4.40. The van der Waals surface area contributed by atoms with Gasteiger partial charge in [0, 0.05) is 12.4 Å². The Balaban J connectivity index is 1.78. The second-order valence-corrected chi connectivity index (χ2v) is 5.57. The number of hydrogen-bond donors (Lipinski definition) is 1. The maximum atomic E-state index is 12.7. The van der Waals surface area contributed by atoms with Crippen LogP contribution >= 0.6 is 11.3 Å². The van der Waals surface area contributed by atoms with Gasteiger partial charge in [0.15, 0.2) is 0 Å². The Morgan fingerprint density at radius 2 is 2.13 bits per heavy atom. The van der Waals surface area contributed by atoms with Gasteiger partial charge < -0.3 is 9.88 Å². The Kier molecular flexibility index (Phi) is 3.91. The average Bonchev–Trinajstić information content (AvgIpc) is 3.15. The van der Waals surface area contributed by atoms with E-state index in [-0.39, 0.29) is 11.4 Å². The highest BCUT2D eigenvalue weighted by Gasteiger charge is 2.30. The molecule has 118 valence electrons. The molecule has 0 atom stereocenters. The van der Waals surface area contributed by atoms with E-state index in [1.54, 1.807) is 17.5 Å². The number of imidazole rings is 1. The summed E-state index contributed by atoms with van der Waals surface area (Å²) in [6.45, 7) is 0. The molecule has 1 aromatic carbocycles. The van der Waals surface area contributed by atoms with E-state index in [1.807, 2.05) is 0 Å². The van der Waals surface area contributed by atoms with Crippen LogP contribution in [0.25, 0.3) is 17.2 Å². The van der Waals surface area contributed by atoms with Crippen LogP contribution in [0.15, 0.2) is 48.2 Å². The molecule has 0 unspecified atom stereocenters. The van der Waals surface area contributed by atoms with Crippen molar-refractivity contribution in [2.75, 3.05) is 0 Å². The molecule has 0 saturated heterocycles. The predicted molar refractivity (Wildman–Crippen MR) is 81.9 cm³/mol. The van der Waals surface area contributed by atoms with Gasteiger partial charge in [-0.2, -0.15) is 13.2 Å². The fraction of sp³-hybridized carbons (Fsp3) is 0.0667. The first-order chi connectivity index (χ1) is 10.9. The first-order valence-electron chi connectivity index (χ1n) is 6.50. The van der Waals surface area contributed by atoms with E-state index >= 15 is 0 Å². The van der Waals surface area contributed by atoms with Crippen LogP contribution in [0.2, 0.25) is 0 Å². The SMILES string of the molecule is O=C(NC=Cn1cnc2cc(C(F)(F)F)ccc21)c1cccs1. The van der Waals surface area contributed by atoms with Crippen molar-refractivity contribution in [2.24, 2.45) is 0 Å². The monoisotopic (exact) mass is 337 g/mol. The molecule has 1 N–H and O–H groups in total. The van der Waals surface area contributed by atoms with Crippen LogP contribution in [-0.2, 0) is 6.18 Å². The van der Waals surface area contributed by atoms with Crippen molar-refractivity contribution in [3.8, 4) is 0 Å². The molecule has 4 nitrogen and oxygen atoms in total. The van der Waals surface area contributed by atoms with E-state index in [2.05, 4.69) is 10.3 Å². The number of fused-ring (bicyclic) bond motifs is 1. The zero-order chi connectivity index (χ0) is 16.4. The number of nitrogens with one attached hydrogen (secondary N) is 1. The summed E-state index contributed by atoms with van der Waals surface area (Å²) in [6, 6.07) is 6.79. The second kappa shape index (κ2) is 5.88. The van der Waals surface area contributed by atoms with Gasteiger partial charge in [-0.05, 0) is 29.6 Å². The van der Waals surface area contributed by atoms with E-state index in [1.165, 1.54) is 40.7 Å². The Hall–Kier alpha value is -2.61. The standard InChI is InChI=1S/C15H10F3N3OS/c16-15(17,18)10-3-4-12-11(8-10)20-9-21(12)6-5-19-14(22)13-2-1-7-23-13/h1-9H,(H,19,22). The number of halogens is 3. The highest BCUT2D eigenvalue weighted by atomic mass is 32.1. The quantitative estimate of drug-likeness (QED) is 0.786. The molecule has 23 heavy (non-hydrogen) atoms. The van der Waals surface area contributed by atoms with E-state index in [0.29, 0.717) is 10.4 Å². The largest absolute Gasteiger partial charge is 0.416 e. The van der Waals surface area contributed by atoms with E-state index in [0.717, 1.165) is 12.1 Å². The lowest BCUT2D eigenvalue weighted by Crippen LogP contribution is -2.15. The summed E-state index contributed by atoms with van der Waals surface area (Å²) in [4.78, 5) is 16.3. The van der Waals surface area contributed by atoms with Crippen LogP contribution < -0.4 is 5.32 Å². The van der Waals surface area contributed by atoms with Crippen LogP contribution in [0.5, 0.6) is 0 Å². The second-order valence-electron chi connectivity index (χ2n) is 4.62. The Labute approximate surface area is 132 Å². The number of alkyl halides is 3. The maximum Gasteiger partial charge on any atom is 0.416 e. The summed E-state index contributed by atoms with van der Waals surface area (Å²) < 4.78 is 39.5. The molecule has 0 spiro atoms. The average molecular weight is 337 g/mol. The van der Waals surface area contributed by atoms with Crippen molar-refractivity contribution < 1.29 is 18.0 Å². The third-order valence-electron chi connectivity index (χ3n) is 3.10. The molecule has 3 aromatic rings. The van der Waals surface area contributed by atoms with Gasteiger partial charge in [0.05, 0.1) is 27.8 Å². The number of carbonyl (C=O) groups is 1. The normalized spacial score (nSPS) is 12.1. The topological polar surface area (TPSA) is 46.9 Å². The lowest BCUT2D eigenvalue weighted by Gasteiger charge is -2.06. The molecule has 8 heteroatoms. The number of hydrogen-bond acceptors (Lipinski definition) is 3. The number of nitrogens with zero attached hydrogens (tertiary/aromatic N) is 2. The molecule has 0 bridgehead atoms. The molecule has 2 heterocycles. The highest BCUT2D eigenvalue weighted by Crippen LogP contribution is 2.31. The van der Waals surface area contributed by atoms with Crippen molar-refractivity contribution in [3.63, 3.8) is 0 Å². The molecule has 0 radical (unpaired) electrons. The predicted octanol–water partition coefficient (Wildman–Crippen LogP) is 3.97. The summed E-state index contributed by atoms with van der Waals surface area (Å²) >= 11 is 1.31. The summed E-state index contributed by atoms with van der Waals surface area (Å²) in [5.74, 6) is -0.250. The molecule has 2 aromatic heterocycles. The van der Waals surface area contributed by atoms with Gasteiger partial charge in [0.25, 0.3) is 5.91 Å². The summed E-state index contributed by atoms with van der Waals surface area (Å²) in [7, 11) is 0. The smallest absolute Gasteiger partial charge is 0.326 e. The molecule has 0 aliphatic rings. The Morgan fingerprint density at radius 1 is 1.30 bits per heavy atom. The van der Waals surface area contributed by atoms with Gasteiger partial charge in [0.2, 0.25) is 0 Å². The number of aromatic nitrogens is 2. The Bertz CT molecular complexity index is 866. The van der Waals surface area contributed by atoms with Gasteiger partial charge in [-0.15, -0.1) is 11.3 Å². The maximum absolute atomic E-state index is 12.7. The van der Waals surface area contributed by atoms with Crippen molar-refractivity contribution in [1.29, 1.82) is 0 Å². The number of carbonyl (C=O) groups excluding carboxylic acids is 1. The van der Waals surface area contributed by atoms with E-state index in [4.69, 9.17) is 0 Å². The first-order valence-corrected chi connectivity index (χ1v) is 7.38. The van der Waals surface area contributed by atoms with Gasteiger partial charge >= 0.3 is 6.18 Å². The Morgan fingerprint density at radius 3 is 2.83 bits per heavy atom. The van der Waals surface area contributed by atoms with Gasteiger partial charge in [0.1, 0.15) is 0 Å². The fourth-order valence-electron chi connectivity index (χ4n) is 2.00. The molecule has 0 saturated carbocycles. The number of amides is 1. The van der Waals surface area contributed by atoms with Crippen molar-refractivity contribution in [3.05, 3.63) is 58.7 Å². The fourth-order valence-corrected chi connectivity index (χ4v) is 2.63. The summed E-state index contributed by atoms with van der Waals surface area (Å²) in [5, 5.41) is 4.38. The molecule has 0 aliphatic carbocycles. The van der Waals surface area contributed by atoms with E-state index < -0.39 is 11.7 Å². The van der Waals surface area contributed by atoms with Crippen molar-refractivity contribution in [2.45, 2.75) is 6.18 Å². The summed E-state index contributed by atoms with van der Waals surface area (Å²) in [5.41, 5.74) is -0.00101. The van der Waals surface area contributed by atoms with Gasteiger partial charge in [-0.3, -0.25) is 4.79 Å². The zero-order valence-electron chi connectivity index (χ0n) is 11.5. The van der Waals surface area contributed by atoms with Gasteiger partial charge in [-0.1, -0.05) is 6.07 Å².